The number of rotatable bonds is 7. The van der Waals surface area contributed by atoms with Gasteiger partial charge in [0.05, 0.1) is 6.26 Å². The molecule has 4 heteroatoms. The van der Waals surface area contributed by atoms with E-state index in [4.69, 9.17) is 4.42 Å². The maximum absolute atomic E-state index is 12.3. The molecular weight excluding hydrogens is 312 g/mol. The predicted octanol–water partition coefficient (Wildman–Crippen LogP) is 3.06. The average molecular weight is 338 g/mol. The van der Waals surface area contributed by atoms with Crippen LogP contribution in [0, 0.1) is 11.8 Å². The molecule has 1 aliphatic carbocycles. The monoisotopic (exact) mass is 338 g/mol. The van der Waals surface area contributed by atoms with Crippen molar-refractivity contribution < 1.29 is 9.21 Å². The highest BCUT2D eigenvalue weighted by Crippen LogP contribution is 2.47. The third-order valence-electron chi connectivity index (χ3n) is 5.53. The van der Waals surface area contributed by atoms with E-state index in [2.05, 4.69) is 40.5 Å². The first-order valence-electron chi connectivity index (χ1n) is 9.37. The molecule has 4 rings (SSSR count). The van der Waals surface area contributed by atoms with E-state index in [1.165, 1.54) is 12.0 Å². The molecule has 132 valence electrons. The summed E-state index contributed by atoms with van der Waals surface area (Å²) in [5, 5.41) is 3.17. The van der Waals surface area contributed by atoms with Crippen molar-refractivity contribution in [2.24, 2.45) is 11.8 Å². The number of nitrogens with zero attached hydrogens (tertiary/aromatic N) is 1. The third kappa shape index (κ3) is 4.13. The molecule has 0 bridgehead atoms. The number of amides is 1. The molecule has 2 fully saturated rings. The summed E-state index contributed by atoms with van der Waals surface area (Å²) in [7, 11) is 0. The lowest BCUT2D eigenvalue weighted by molar-refractivity contribution is -0.122. The van der Waals surface area contributed by atoms with Crippen molar-refractivity contribution in [3.63, 3.8) is 0 Å². The number of carbonyl (C=O) groups is 1. The minimum absolute atomic E-state index is 0.113. The number of furan rings is 1. The van der Waals surface area contributed by atoms with Gasteiger partial charge in [0.1, 0.15) is 5.76 Å². The van der Waals surface area contributed by atoms with Crippen LogP contribution < -0.4 is 5.32 Å². The normalized spacial score (nSPS) is 25.8. The predicted molar refractivity (Wildman–Crippen MR) is 97.3 cm³/mol. The van der Waals surface area contributed by atoms with Gasteiger partial charge in [0, 0.05) is 31.5 Å². The maximum Gasteiger partial charge on any atom is 0.223 e. The Morgan fingerprint density at radius 3 is 2.88 bits per heavy atom. The fourth-order valence-electron chi connectivity index (χ4n) is 3.89. The summed E-state index contributed by atoms with van der Waals surface area (Å²) in [6.07, 6.45) is 4.90. The molecule has 1 saturated heterocycles. The largest absolute Gasteiger partial charge is 0.469 e. The Hall–Kier alpha value is -2.07. The molecule has 1 amide bonds. The number of hydrogen-bond acceptors (Lipinski definition) is 3. The Balaban J connectivity index is 1.16. The molecule has 2 aliphatic rings. The quantitative estimate of drug-likeness (QED) is 0.844. The van der Waals surface area contributed by atoms with Crippen molar-refractivity contribution in [3.8, 4) is 0 Å². The minimum atomic E-state index is 0.113. The van der Waals surface area contributed by atoms with Crippen LogP contribution in [0.25, 0.3) is 0 Å². The van der Waals surface area contributed by atoms with Gasteiger partial charge < -0.3 is 14.6 Å². The second-order valence-corrected chi connectivity index (χ2v) is 7.40. The Morgan fingerprint density at radius 1 is 1.20 bits per heavy atom. The van der Waals surface area contributed by atoms with E-state index in [1.54, 1.807) is 6.26 Å². The smallest absolute Gasteiger partial charge is 0.223 e. The Morgan fingerprint density at radius 2 is 2.08 bits per heavy atom. The summed E-state index contributed by atoms with van der Waals surface area (Å²) in [6, 6.07) is 14.5. The Kier molecular flexibility index (Phi) is 4.88. The van der Waals surface area contributed by atoms with Crippen LogP contribution in [0.3, 0.4) is 0 Å². The molecule has 1 saturated carbocycles. The number of hydrogen-bond donors (Lipinski definition) is 1. The van der Waals surface area contributed by atoms with Gasteiger partial charge in [-0.05, 0) is 49.4 Å². The van der Waals surface area contributed by atoms with Crippen molar-refractivity contribution in [1.82, 2.24) is 10.2 Å². The Bertz CT molecular complexity index is 683. The maximum atomic E-state index is 12.3. The first-order valence-corrected chi connectivity index (χ1v) is 9.37. The molecule has 0 spiro atoms. The summed E-state index contributed by atoms with van der Waals surface area (Å²) in [5.41, 5.74) is 1.40. The number of likely N-dealkylation sites (tertiary alicyclic amines) is 1. The topological polar surface area (TPSA) is 45.5 Å². The highest BCUT2D eigenvalue weighted by atomic mass is 16.3. The van der Waals surface area contributed by atoms with Gasteiger partial charge >= 0.3 is 0 Å². The molecule has 1 aliphatic heterocycles. The highest BCUT2D eigenvalue weighted by Gasteiger charge is 2.45. The summed E-state index contributed by atoms with van der Waals surface area (Å²) < 4.78 is 5.41. The molecule has 3 atom stereocenters. The lowest BCUT2D eigenvalue weighted by Crippen LogP contribution is -2.32. The first-order chi connectivity index (χ1) is 12.3. The fraction of sp³-hybridized carbons (Fsp3) is 0.476. The van der Waals surface area contributed by atoms with Crippen molar-refractivity contribution >= 4 is 5.91 Å². The van der Waals surface area contributed by atoms with Crippen molar-refractivity contribution in [2.75, 3.05) is 26.2 Å². The van der Waals surface area contributed by atoms with Crippen LogP contribution in [0.2, 0.25) is 0 Å². The number of carbonyl (C=O) groups excluding carboxylic acids is 1. The molecular formula is C21H26N2O2. The molecule has 1 aromatic carbocycles. The van der Waals surface area contributed by atoms with Crippen molar-refractivity contribution in [2.45, 2.75) is 25.2 Å². The number of benzene rings is 1. The SMILES string of the molecule is O=C(NC[C@@H]1CCN(CCc2ccccc2)C1)[C@H]1C[C@H]1c1ccco1. The van der Waals surface area contributed by atoms with Crippen LogP contribution in [0.15, 0.2) is 53.1 Å². The van der Waals surface area contributed by atoms with Gasteiger partial charge in [-0.15, -0.1) is 0 Å². The van der Waals surface area contributed by atoms with Crippen LogP contribution in [0.1, 0.15) is 30.1 Å². The average Bonchev–Trinajstić information content (AvgIpc) is 3.06. The van der Waals surface area contributed by atoms with Gasteiger partial charge in [0.15, 0.2) is 0 Å². The van der Waals surface area contributed by atoms with Crippen LogP contribution >= 0.6 is 0 Å². The van der Waals surface area contributed by atoms with Gasteiger partial charge in [-0.1, -0.05) is 30.3 Å². The van der Waals surface area contributed by atoms with Crippen LogP contribution in [-0.2, 0) is 11.2 Å². The van der Waals surface area contributed by atoms with E-state index < -0.39 is 0 Å². The Labute approximate surface area is 149 Å². The second kappa shape index (κ2) is 7.44. The van der Waals surface area contributed by atoms with Gasteiger partial charge in [-0.25, -0.2) is 0 Å². The molecule has 0 radical (unpaired) electrons. The van der Waals surface area contributed by atoms with Crippen LogP contribution in [0.5, 0.6) is 0 Å². The molecule has 25 heavy (non-hydrogen) atoms. The summed E-state index contributed by atoms with van der Waals surface area (Å²) in [6.45, 7) is 4.16. The first kappa shape index (κ1) is 16.4. The fourth-order valence-corrected chi connectivity index (χ4v) is 3.89. The lowest BCUT2D eigenvalue weighted by atomic mass is 10.1. The van der Waals surface area contributed by atoms with Crippen molar-refractivity contribution in [3.05, 3.63) is 60.1 Å². The zero-order chi connectivity index (χ0) is 17.1. The van der Waals surface area contributed by atoms with Gasteiger partial charge in [-0.2, -0.15) is 0 Å². The van der Waals surface area contributed by atoms with Gasteiger partial charge in [0.25, 0.3) is 0 Å². The van der Waals surface area contributed by atoms with E-state index in [-0.39, 0.29) is 11.8 Å². The molecule has 1 N–H and O–H groups in total. The standard InChI is InChI=1S/C21H26N2O2/c24-21(19-13-18(19)20-7-4-12-25-20)22-14-17-9-11-23(15-17)10-8-16-5-2-1-3-6-16/h1-7,12,17-19H,8-11,13-15H2,(H,22,24)/t17-,18+,19-/m0/s1. The van der Waals surface area contributed by atoms with E-state index in [1.807, 2.05) is 12.1 Å². The van der Waals surface area contributed by atoms with Crippen LogP contribution in [0.4, 0.5) is 0 Å². The summed E-state index contributed by atoms with van der Waals surface area (Å²) in [5.74, 6) is 2.14. The lowest BCUT2D eigenvalue weighted by Gasteiger charge is -2.16. The minimum Gasteiger partial charge on any atom is -0.469 e. The molecule has 2 aromatic rings. The van der Waals surface area contributed by atoms with E-state index >= 15 is 0 Å². The van der Waals surface area contributed by atoms with Gasteiger partial charge in [0.2, 0.25) is 5.91 Å². The van der Waals surface area contributed by atoms with E-state index in [9.17, 15) is 4.79 Å². The number of nitrogens with one attached hydrogen (secondary N) is 1. The van der Waals surface area contributed by atoms with Gasteiger partial charge in [-0.3, -0.25) is 4.79 Å². The zero-order valence-electron chi connectivity index (χ0n) is 14.6. The van der Waals surface area contributed by atoms with Crippen molar-refractivity contribution in [1.29, 1.82) is 0 Å². The molecule has 2 heterocycles. The molecule has 1 aromatic heterocycles. The zero-order valence-corrected chi connectivity index (χ0v) is 14.6. The van der Waals surface area contributed by atoms with E-state index in [0.717, 1.165) is 44.8 Å². The summed E-state index contributed by atoms with van der Waals surface area (Å²) in [4.78, 5) is 14.8. The van der Waals surface area contributed by atoms with E-state index in [0.29, 0.717) is 11.8 Å². The van der Waals surface area contributed by atoms with Crippen LogP contribution in [-0.4, -0.2) is 37.0 Å². The summed E-state index contributed by atoms with van der Waals surface area (Å²) >= 11 is 0. The highest BCUT2D eigenvalue weighted by molar-refractivity contribution is 5.82. The molecule has 4 nitrogen and oxygen atoms in total. The second-order valence-electron chi connectivity index (χ2n) is 7.40. The third-order valence-corrected chi connectivity index (χ3v) is 5.53. The molecule has 0 unspecified atom stereocenters.